The quantitative estimate of drug-likeness (QED) is 0.169. The number of benzene rings is 2. The molecule has 3 nitrogen and oxygen atoms in total. The van der Waals surface area contributed by atoms with Crippen molar-refractivity contribution < 1.29 is 18.6 Å². The van der Waals surface area contributed by atoms with Crippen molar-refractivity contribution in [2.45, 2.75) is 52.1 Å². The molecule has 1 unspecified atom stereocenters. The van der Waals surface area contributed by atoms with Gasteiger partial charge in [-0.15, -0.1) is 11.6 Å². The number of halogens is 2. The van der Waals surface area contributed by atoms with E-state index in [9.17, 15) is 4.39 Å². The van der Waals surface area contributed by atoms with Crippen LogP contribution < -0.4 is 9.47 Å². The highest BCUT2D eigenvalue weighted by Crippen LogP contribution is 2.37. The maximum atomic E-state index is 13.4. The Balaban J connectivity index is 2.32. The Kier molecular flexibility index (Phi) is 8.99. The second kappa shape index (κ2) is 11.0. The van der Waals surface area contributed by atoms with E-state index >= 15 is 0 Å². The van der Waals surface area contributed by atoms with Gasteiger partial charge in [0.2, 0.25) is 0 Å². The van der Waals surface area contributed by atoms with Gasteiger partial charge in [0.05, 0.1) is 14.7 Å². The summed E-state index contributed by atoms with van der Waals surface area (Å²) >= 11 is 5.78. The van der Waals surface area contributed by atoms with E-state index in [2.05, 4.69) is 39.6 Å². The van der Waals surface area contributed by atoms with Crippen LogP contribution in [0, 0.1) is 5.82 Å². The first-order valence-corrected chi connectivity index (χ1v) is 14.2. The Morgan fingerprint density at radius 2 is 1.72 bits per heavy atom. The zero-order valence-corrected chi connectivity index (χ0v) is 19.8. The zero-order chi connectivity index (χ0) is 21.4. The van der Waals surface area contributed by atoms with Gasteiger partial charge in [-0.25, -0.2) is 4.39 Å². The number of hydrogen-bond acceptors (Lipinski definition) is 3. The fraction of sp³-hybridized carbons (Fsp3) is 0.478. The van der Waals surface area contributed by atoms with E-state index in [0.717, 1.165) is 35.3 Å². The molecular weight excluding hydrogens is 407 g/mol. The first-order valence-electron chi connectivity index (χ1n) is 10.1. The Bertz CT molecular complexity index is 775. The summed E-state index contributed by atoms with van der Waals surface area (Å²) in [5, 5.41) is 0. The molecule has 0 aliphatic carbocycles. The summed E-state index contributed by atoms with van der Waals surface area (Å²) in [5.41, 5.74) is 3.03. The second-order valence-corrected chi connectivity index (χ2v) is 14.1. The van der Waals surface area contributed by atoms with E-state index in [0.29, 0.717) is 18.2 Å². The van der Waals surface area contributed by atoms with Crippen LogP contribution in [0.15, 0.2) is 36.4 Å². The van der Waals surface area contributed by atoms with Crippen LogP contribution in [0.2, 0.25) is 19.6 Å². The van der Waals surface area contributed by atoms with Crippen molar-refractivity contribution >= 4 is 19.7 Å². The molecule has 0 aliphatic rings. The number of rotatable bonds is 11. The van der Waals surface area contributed by atoms with Crippen LogP contribution in [0.3, 0.4) is 0 Å². The van der Waals surface area contributed by atoms with E-state index in [1.807, 2.05) is 6.07 Å². The second-order valence-electron chi connectivity index (χ2n) is 8.14. The summed E-state index contributed by atoms with van der Waals surface area (Å²) in [4.78, 5) is 0. The molecule has 1 atom stereocenters. The van der Waals surface area contributed by atoms with Gasteiger partial charge in [0.1, 0.15) is 17.3 Å². The van der Waals surface area contributed by atoms with Crippen molar-refractivity contribution in [1.29, 1.82) is 0 Å². The van der Waals surface area contributed by atoms with E-state index in [-0.39, 0.29) is 18.3 Å². The molecule has 0 radical (unpaired) electrons. The smallest absolute Gasteiger partial charge is 0.189 e. The summed E-state index contributed by atoms with van der Waals surface area (Å²) in [6.07, 6.45) is 1.59. The van der Waals surface area contributed by atoms with E-state index in [4.69, 9.17) is 25.8 Å². The normalized spacial score (nSPS) is 12.7. The fourth-order valence-corrected chi connectivity index (χ4v) is 3.35. The lowest BCUT2D eigenvalue weighted by atomic mass is 10.00. The van der Waals surface area contributed by atoms with Gasteiger partial charge >= 0.3 is 0 Å². The minimum Gasteiger partial charge on any atom is -0.493 e. The maximum absolute atomic E-state index is 13.4. The number of alkyl halides is 1. The predicted molar refractivity (Wildman–Crippen MR) is 121 cm³/mol. The van der Waals surface area contributed by atoms with Crippen molar-refractivity contribution in [1.82, 2.24) is 0 Å². The third-order valence-electron chi connectivity index (χ3n) is 4.99. The number of hydrogen-bond donors (Lipinski definition) is 0. The third-order valence-corrected chi connectivity index (χ3v) is 7.86. The van der Waals surface area contributed by atoms with Crippen molar-refractivity contribution in [3.05, 3.63) is 47.8 Å². The standard InChI is InChI=1S/C23H32ClFO3Si/c1-6-18-14-21(19-8-10-20(25)11-9-19)23(15-22(18)26-13-7-12-24)28-16-27-17(2)29(3,4)5/h8-11,14-15,17H,6-7,12-13,16H2,1-5H3. The van der Waals surface area contributed by atoms with Crippen LogP contribution in [0.5, 0.6) is 11.5 Å². The van der Waals surface area contributed by atoms with Gasteiger partial charge in [-0.2, -0.15) is 0 Å². The van der Waals surface area contributed by atoms with Gasteiger partial charge in [-0.1, -0.05) is 38.7 Å². The molecule has 0 N–H and O–H groups in total. The van der Waals surface area contributed by atoms with Crippen LogP contribution in [-0.4, -0.2) is 33.1 Å². The Hall–Kier alpha value is -1.56. The van der Waals surface area contributed by atoms with E-state index in [1.54, 1.807) is 12.1 Å². The van der Waals surface area contributed by atoms with E-state index < -0.39 is 8.07 Å². The molecule has 2 rings (SSSR count). The lowest BCUT2D eigenvalue weighted by molar-refractivity contribution is 0.000485. The van der Waals surface area contributed by atoms with Crippen LogP contribution >= 0.6 is 11.6 Å². The van der Waals surface area contributed by atoms with E-state index in [1.165, 1.54) is 12.1 Å². The Morgan fingerprint density at radius 1 is 1.03 bits per heavy atom. The lowest BCUT2D eigenvalue weighted by Crippen LogP contribution is -2.38. The molecule has 0 aliphatic heterocycles. The Labute approximate surface area is 180 Å². The molecule has 0 heterocycles. The zero-order valence-electron chi connectivity index (χ0n) is 18.1. The lowest BCUT2D eigenvalue weighted by Gasteiger charge is -2.25. The first-order chi connectivity index (χ1) is 13.8. The summed E-state index contributed by atoms with van der Waals surface area (Å²) in [6.45, 7) is 11.7. The average Bonchev–Trinajstić information content (AvgIpc) is 2.68. The maximum Gasteiger partial charge on any atom is 0.189 e. The Morgan fingerprint density at radius 3 is 2.31 bits per heavy atom. The molecular formula is C23H32ClFO3Si. The number of ether oxygens (including phenoxy) is 3. The van der Waals surface area contributed by atoms with Crippen LogP contribution in [-0.2, 0) is 11.2 Å². The molecule has 0 aromatic heterocycles. The SMILES string of the molecule is CCc1cc(-c2ccc(F)cc2)c(OCOC(C)[Si](C)(C)C)cc1OCCCCl. The molecule has 2 aromatic rings. The van der Waals surface area contributed by atoms with Crippen molar-refractivity contribution in [3.63, 3.8) is 0 Å². The summed E-state index contributed by atoms with van der Waals surface area (Å²) in [6, 6.07) is 10.4. The first kappa shape index (κ1) is 23.7. The van der Waals surface area contributed by atoms with Gasteiger partial charge in [-0.05, 0) is 49.1 Å². The molecule has 0 fully saturated rings. The highest BCUT2D eigenvalue weighted by Gasteiger charge is 2.23. The molecule has 0 bridgehead atoms. The number of aryl methyl sites for hydroxylation is 1. The molecule has 2 aromatic carbocycles. The van der Waals surface area contributed by atoms with Crippen molar-refractivity contribution in [2.75, 3.05) is 19.3 Å². The molecule has 0 saturated heterocycles. The van der Waals surface area contributed by atoms with Crippen molar-refractivity contribution in [3.8, 4) is 22.6 Å². The highest BCUT2D eigenvalue weighted by molar-refractivity contribution is 6.77. The molecule has 0 amide bonds. The van der Waals surface area contributed by atoms with Gasteiger partial charge in [-0.3, -0.25) is 0 Å². The summed E-state index contributed by atoms with van der Waals surface area (Å²) in [7, 11) is -1.41. The van der Waals surface area contributed by atoms with Gasteiger partial charge < -0.3 is 14.2 Å². The average molecular weight is 439 g/mol. The monoisotopic (exact) mass is 438 g/mol. The van der Waals surface area contributed by atoms with Gasteiger partial charge in [0, 0.05) is 23.2 Å². The molecule has 6 heteroatoms. The minimum atomic E-state index is -1.41. The van der Waals surface area contributed by atoms with Crippen LogP contribution in [0.25, 0.3) is 11.1 Å². The largest absolute Gasteiger partial charge is 0.493 e. The topological polar surface area (TPSA) is 27.7 Å². The molecule has 160 valence electrons. The van der Waals surface area contributed by atoms with Gasteiger partial charge in [0.15, 0.2) is 6.79 Å². The molecule has 0 saturated carbocycles. The minimum absolute atomic E-state index is 0.159. The molecule has 29 heavy (non-hydrogen) atoms. The summed E-state index contributed by atoms with van der Waals surface area (Å²) in [5.74, 6) is 1.75. The van der Waals surface area contributed by atoms with Crippen LogP contribution in [0.1, 0.15) is 25.8 Å². The predicted octanol–water partition coefficient (Wildman–Crippen LogP) is 6.68. The highest BCUT2D eigenvalue weighted by atomic mass is 35.5. The fourth-order valence-electron chi connectivity index (χ4n) is 2.68. The van der Waals surface area contributed by atoms with Crippen LogP contribution in [0.4, 0.5) is 4.39 Å². The van der Waals surface area contributed by atoms with Gasteiger partial charge in [0.25, 0.3) is 0 Å². The summed E-state index contributed by atoms with van der Waals surface area (Å²) < 4.78 is 31.3. The van der Waals surface area contributed by atoms with Crippen molar-refractivity contribution in [2.24, 2.45) is 0 Å². The third kappa shape index (κ3) is 7.02. The molecule has 0 spiro atoms.